The predicted octanol–water partition coefficient (Wildman–Crippen LogP) is 0.689. The van der Waals surface area contributed by atoms with Crippen molar-refractivity contribution in [1.29, 1.82) is 0 Å². The Bertz CT molecular complexity index is 564. The molecule has 1 atom stereocenters. The van der Waals surface area contributed by atoms with Crippen molar-refractivity contribution in [2.75, 3.05) is 7.11 Å². The second-order valence-corrected chi connectivity index (χ2v) is 4.18. The molecule has 0 amide bonds. The topological polar surface area (TPSA) is 68.5 Å². The molecule has 0 saturated heterocycles. The van der Waals surface area contributed by atoms with E-state index in [-0.39, 0.29) is 12.0 Å². The average Bonchev–Trinajstić information content (AvgIpc) is 2.74. The van der Waals surface area contributed by atoms with E-state index in [1.165, 1.54) is 7.11 Å². The van der Waals surface area contributed by atoms with Gasteiger partial charge >= 0.3 is 5.97 Å². The highest BCUT2D eigenvalue weighted by Crippen LogP contribution is 2.04. The minimum Gasteiger partial charge on any atom is -0.468 e. The number of fused-ring (bicyclic) bond motifs is 1. The van der Waals surface area contributed by atoms with Crippen LogP contribution in [-0.4, -0.2) is 33.7 Å². The Morgan fingerprint density at radius 2 is 2.39 bits per heavy atom. The number of carbonyl (C=O) groups excluding carboxylic acids is 1. The van der Waals surface area contributed by atoms with Gasteiger partial charge in [0.1, 0.15) is 6.04 Å². The first-order valence-electron chi connectivity index (χ1n) is 5.72. The predicted molar refractivity (Wildman–Crippen MR) is 66.0 cm³/mol. The molecule has 6 nitrogen and oxygen atoms in total. The van der Waals surface area contributed by atoms with Crippen LogP contribution < -0.4 is 5.32 Å². The summed E-state index contributed by atoms with van der Waals surface area (Å²) in [4.78, 5) is 15.5. The molecule has 2 aromatic rings. The first kappa shape index (κ1) is 12.5. The van der Waals surface area contributed by atoms with Crippen LogP contribution in [0.1, 0.15) is 18.2 Å². The number of ether oxygens (including phenoxy) is 1. The first-order valence-corrected chi connectivity index (χ1v) is 5.72. The van der Waals surface area contributed by atoms with Gasteiger partial charge < -0.3 is 10.1 Å². The number of nitrogens with one attached hydrogen (secondary N) is 1. The van der Waals surface area contributed by atoms with Crippen molar-refractivity contribution in [1.82, 2.24) is 19.9 Å². The molecule has 2 rings (SSSR count). The van der Waals surface area contributed by atoms with Crippen molar-refractivity contribution in [3.63, 3.8) is 0 Å². The standard InChI is InChI=1S/C12H16N4O2/c1-8-4-11-14-6-10(7-16(11)15-8)5-13-9(2)12(17)18-3/h4,6-7,9,13H,5H2,1-3H3/t9-/m0/s1. The number of hydrogen-bond acceptors (Lipinski definition) is 5. The fourth-order valence-electron chi connectivity index (χ4n) is 1.66. The largest absolute Gasteiger partial charge is 0.468 e. The van der Waals surface area contributed by atoms with E-state index < -0.39 is 0 Å². The number of methoxy groups -OCH3 is 1. The number of nitrogens with zero attached hydrogens (tertiary/aromatic N) is 3. The second kappa shape index (κ2) is 5.14. The van der Waals surface area contributed by atoms with E-state index in [9.17, 15) is 4.79 Å². The summed E-state index contributed by atoms with van der Waals surface area (Å²) in [7, 11) is 1.38. The van der Waals surface area contributed by atoms with Crippen molar-refractivity contribution in [2.45, 2.75) is 26.4 Å². The van der Waals surface area contributed by atoms with Crippen LogP contribution in [0.2, 0.25) is 0 Å². The van der Waals surface area contributed by atoms with E-state index >= 15 is 0 Å². The third kappa shape index (κ3) is 2.65. The van der Waals surface area contributed by atoms with E-state index in [4.69, 9.17) is 0 Å². The van der Waals surface area contributed by atoms with Crippen LogP contribution in [0.5, 0.6) is 0 Å². The molecular weight excluding hydrogens is 232 g/mol. The summed E-state index contributed by atoms with van der Waals surface area (Å²) in [5.41, 5.74) is 2.70. The van der Waals surface area contributed by atoms with Crippen LogP contribution in [0, 0.1) is 6.92 Å². The molecule has 6 heteroatoms. The van der Waals surface area contributed by atoms with Gasteiger partial charge in [0.05, 0.1) is 12.8 Å². The highest BCUT2D eigenvalue weighted by molar-refractivity contribution is 5.75. The molecule has 0 aliphatic heterocycles. The van der Waals surface area contributed by atoms with Crippen LogP contribution in [0.25, 0.3) is 5.65 Å². The Balaban J connectivity index is 2.05. The third-order valence-electron chi connectivity index (χ3n) is 2.66. The van der Waals surface area contributed by atoms with Gasteiger partial charge in [-0.3, -0.25) is 4.79 Å². The molecule has 18 heavy (non-hydrogen) atoms. The lowest BCUT2D eigenvalue weighted by Crippen LogP contribution is -2.34. The molecule has 0 bridgehead atoms. The van der Waals surface area contributed by atoms with Crippen LogP contribution in [-0.2, 0) is 16.1 Å². The Morgan fingerprint density at radius 1 is 1.61 bits per heavy atom. The molecule has 96 valence electrons. The first-order chi connectivity index (χ1) is 8.60. The number of aryl methyl sites for hydroxylation is 1. The fourth-order valence-corrected chi connectivity index (χ4v) is 1.66. The molecule has 0 spiro atoms. The number of rotatable bonds is 4. The zero-order valence-electron chi connectivity index (χ0n) is 10.7. The normalized spacial score (nSPS) is 12.6. The monoisotopic (exact) mass is 248 g/mol. The van der Waals surface area contributed by atoms with Crippen molar-refractivity contribution < 1.29 is 9.53 Å². The molecule has 0 saturated carbocycles. The summed E-state index contributed by atoms with van der Waals surface area (Å²) in [6.07, 6.45) is 3.67. The molecular formula is C12H16N4O2. The summed E-state index contributed by atoms with van der Waals surface area (Å²) in [6, 6.07) is 1.57. The van der Waals surface area contributed by atoms with Gasteiger partial charge in [-0.25, -0.2) is 9.50 Å². The maximum atomic E-state index is 11.2. The quantitative estimate of drug-likeness (QED) is 0.806. The van der Waals surface area contributed by atoms with Gasteiger partial charge in [-0.2, -0.15) is 5.10 Å². The zero-order valence-corrected chi connectivity index (χ0v) is 10.7. The molecule has 1 N–H and O–H groups in total. The third-order valence-corrected chi connectivity index (χ3v) is 2.66. The maximum Gasteiger partial charge on any atom is 0.322 e. The average molecular weight is 248 g/mol. The molecule has 0 fully saturated rings. The summed E-state index contributed by atoms with van der Waals surface area (Å²) < 4.78 is 6.37. The number of aromatic nitrogens is 3. The maximum absolute atomic E-state index is 11.2. The number of hydrogen-bond donors (Lipinski definition) is 1. The van der Waals surface area contributed by atoms with Crippen LogP contribution in [0.3, 0.4) is 0 Å². The van der Waals surface area contributed by atoms with Gasteiger partial charge in [0.2, 0.25) is 0 Å². The summed E-state index contributed by atoms with van der Waals surface area (Å²) in [6.45, 7) is 4.22. The van der Waals surface area contributed by atoms with E-state index in [1.54, 1.807) is 17.6 Å². The molecule has 0 aliphatic carbocycles. The summed E-state index contributed by atoms with van der Waals surface area (Å²) >= 11 is 0. The molecule has 2 aromatic heterocycles. The molecule has 0 aliphatic rings. The second-order valence-electron chi connectivity index (χ2n) is 4.18. The van der Waals surface area contributed by atoms with E-state index in [0.29, 0.717) is 6.54 Å². The van der Waals surface area contributed by atoms with Gasteiger partial charge in [-0.1, -0.05) is 0 Å². The van der Waals surface area contributed by atoms with Crippen molar-refractivity contribution in [3.05, 3.63) is 29.7 Å². The Kier molecular flexibility index (Phi) is 3.57. The Morgan fingerprint density at radius 3 is 3.11 bits per heavy atom. The lowest BCUT2D eigenvalue weighted by atomic mass is 10.3. The number of esters is 1. The van der Waals surface area contributed by atoms with E-state index in [1.807, 2.05) is 19.2 Å². The van der Waals surface area contributed by atoms with Gasteiger partial charge in [-0.15, -0.1) is 0 Å². The van der Waals surface area contributed by atoms with Crippen LogP contribution in [0.15, 0.2) is 18.5 Å². The molecule has 0 radical (unpaired) electrons. The Labute approximate surface area is 105 Å². The highest BCUT2D eigenvalue weighted by atomic mass is 16.5. The SMILES string of the molecule is COC(=O)[C@H](C)NCc1cnc2cc(C)nn2c1. The van der Waals surface area contributed by atoms with Gasteiger partial charge in [0, 0.05) is 30.6 Å². The summed E-state index contributed by atoms with van der Waals surface area (Å²) in [5.74, 6) is -0.279. The lowest BCUT2D eigenvalue weighted by molar-refractivity contribution is -0.142. The van der Waals surface area contributed by atoms with Gasteiger partial charge in [0.15, 0.2) is 5.65 Å². The molecule has 2 heterocycles. The fraction of sp³-hybridized carbons (Fsp3) is 0.417. The van der Waals surface area contributed by atoms with E-state index in [0.717, 1.165) is 16.9 Å². The Hall–Kier alpha value is -1.95. The molecule has 0 aromatic carbocycles. The van der Waals surface area contributed by atoms with Crippen LogP contribution >= 0.6 is 0 Å². The van der Waals surface area contributed by atoms with Crippen LogP contribution in [0.4, 0.5) is 0 Å². The van der Waals surface area contributed by atoms with Crippen molar-refractivity contribution >= 4 is 11.6 Å². The smallest absolute Gasteiger partial charge is 0.322 e. The zero-order chi connectivity index (χ0) is 13.1. The highest BCUT2D eigenvalue weighted by Gasteiger charge is 2.12. The van der Waals surface area contributed by atoms with Gasteiger partial charge in [0.25, 0.3) is 0 Å². The van der Waals surface area contributed by atoms with E-state index in [2.05, 4.69) is 20.1 Å². The van der Waals surface area contributed by atoms with Gasteiger partial charge in [-0.05, 0) is 13.8 Å². The number of carbonyl (C=O) groups is 1. The minimum absolute atomic E-state index is 0.279. The summed E-state index contributed by atoms with van der Waals surface area (Å²) in [5, 5.41) is 7.35. The van der Waals surface area contributed by atoms with Crippen molar-refractivity contribution in [2.24, 2.45) is 0 Å². The molecule has 0 unspecified atom stereocenters. The minimum atomic E-state index is -0.343. The lowest BCUT2D eigenvalue weighted by Gasteiger charge is -2.11. The van der Waals surface area contributed by atoms with Crippen molar-refractivity contribution in [3.8, 4) is 0 Å².